The van der Waals surface area contributed by atoms with Gasteiger partial charge in [0.05, 0.1) is 0 Å². The second kappa shape index (κ2) is 8.53. The number of aryl methyl sites for hydroxylation is 1. The summed E-state index contributed by atoms with van der Waals surface area (Å²) in [7, 11) is 0. The number of aliphatic hydroxyl groups excluding tert-OH is 1. The maximum absolute atomic E-state index is 14.3. The molecule has 2 rings (SSSR count). The van der Waals surface area contributed by atoms with Crippen molar-refractivity contribution in [3.8, 4) is 0 Å². The summed E-state index contributed by atoms with van der Waals surface area (Å²) < 4.78 is 43.6. The van der Waals surface area contributed by atoms with Crippen LogP contribution in [0.2, 0.25) is 0 Å². The lowest BCUT2D eigenvalue weighted by atomic mass is 10.1. The maximum Gasteiger partial charge on any atom is 0.350 e. The number of halogens is 2. The maximum atomic E-state index is 14.3. The summed E-state index contributed by atoms with van der Waals surface area (Å²) in [4.78, 5) is 38.1. The van der Waals surface area contributed by atoms with Crippen molar-refractivity contribution in [2.24, 2.45) is 0 Å². The van der Waals surface area contributed by atoms with Crippen molar-refractivity contribution in [2.45, 2.75) is 51.0 Å². The number of hydrogen-bond acceptors (Lipinski definition) is 8. The largest absolute Gasteiger partial charge is 0.460 e. The Morgan fingerprint density at radius 1 is 1.37 bits per heavy atom. The summed E-state index contributed by atoms with van der Waals surface area (Å²) in [5, 5.41) is 9.81. The Morgan fingerprint density at radius 3 is 2.70 bits per heavy atom. The van der Waals surface area contributed by atoms with Gasteiger partial charge in [0.1, 0.15) is 12.7 Å². The molecule has 1 aromatic heterocycles. The number of carbonyl (C=O) groups excluding carboxylic acids is 2. The minimum atomic E-state index is -3.81. The quantitative estimate of drug-likeness (QED) is 0.662. The van der Waals surface area contributed by atoms with E-state index in [2.05, 4.69) is 9.72 Å². The zero-order chi connectivity index (χ0) is 20.2. The molecule has 9 nitrogen and oxygen atoms in total. The van der Waals surface area contributed by atoms with Gasteiger partial charge in [-0.15, -0.1) is 0 Å². The number of carbonyl (C=O) groups is 2. The molecule has 11 heteroatoms. The monoisotopic (exact) mass is 390 g/mol. The molecule has 0 spiro atoms. The van der Waals surface area contributed by atoms with Gasteiger partial charge in [0.2, 0.25) is 6.23 Å². The van der Waals surface area contributed by atoms with Crippen LogP contribution in [0.4, 0.5) is 8.78 Å². The van der Waals surface area contributed by atoms with Crippen molar-refractivity contribution in [2.75, 3.05) is 13.2 Å². The Hall–Kier alpha value is -2.40. The fourth-order valence-corrected chi connectivity index (χ4v) is 2.41. The minimum Gasteiger partial charge on any atom is -0.460 e. The van der Waals surface area contributed by atoms with Crippen LogP contribution in [0.1, 0.15) is 31.7 Å². The van der Waals surface area contributed by atoms with E-state index in [1.54, 1.807) is 6.92 Å². The first-order valence-corrected chi connectivity index (χ1v) is 8.25. The fraction of sp³-hybridized carbons (Fsp3) is 0.625. The highest BCUT2D eigenvalue weighted by Gasteiger charge is 2.60. The third-order valence-corrected chi connectivity index (χ3v) is 3.82. The van der Waals surface area contributed by atoms with Gasteiger partial charge < -0.3 is 19.3 Å². The van der Waals surface area contributed by atoms with E-state index in [-0.39, 0.29) is 6.42 Å². The summed E-state index contributed by atoms with van der Waals surface area (Å²) in [6.45, 7) is 1.89. The number of rotatable bonds is 7. The molecule has 0 aromatic carbocycles. The van der Waals surface area contributed by atoms with Gasteiger partial charge in [0, 0.05) is 18.3 Å². The number of alkyl halides is 2. The molecule has 1 saturated heterocycles. The Bertz CT molecular complexity index is 753. The highest BCUT2D eigenvalue weighted by atomic mass is 19.3. The Morgan fingerprint density at radius 2 is 2.07 bits per heavy atom. The molecule has 1 N–H and O–H groups in total. The van der Waals surface area contributed by atoms with Crippen LogP contribution in [-0.2, 0) is 23.8 Å². The van der Waals surface area contributed by atoms with Crippen molar-refractivity contribution >= 4 is 11.9 Å². The predicted molar refractivity (Wildman–Crippen MR) is 84.9 cm³/mol. The summed E-state index contributed by atoms with van der Waals surface area (Å²) in [5.74, 6) is -5.38. The summed E-state index contributed by atoms with van der Waals surface area (Å²) in [6.07, 6.45) is -4.24. The Kier molecular flexibility index (Phi) is 6.60. The third-order valence-electron chi connectivity index (χ3n) is 3.82. The van der Waals surface area contributed by atoms with Crippen molar-refractivity contribution in [3.05, 3.63) is 28.4 Å². The molecule has 1 fully saturated rings. The van der Waals surface area contributed by atoms with E-state index in [0.29, 0.717) is 16.7 Å². The van der Waals surface area contributed by atoms with E-state index in [1.165, 1.54) is 13.0 Å². The zero-order valence-corrected chi connectivity index (χ0v) is 14.8. The summed E-state index contributed by atoms with van der Waals surface area (Å²) >= 11 is 0. The van der Waals surface area contributed by atoms with Gasteiger partial charge in [-0.3, -0.25) is 9.36 Å². The van der Waals surface area contributed by atoms with Crippen LogP contribution >= 0.6 is 0 Å². The number of aliphatic hydroxyl groups is 1. The number of ether oxygens (including phenoxy) is 3. The molecule has 27 heavy (non-hydrogen) atoms. The Balaban J connectivity index is 1.98. The topological polar surface area (TPSA) is 117 Å². The number of nitrogens with zero attached hydrogens (tertiary/aromatic N) is 2. The van der Waals surface area contributed by atoms with Gasteiger partial charge >= 0.3 is 23.6 Å². The van der Waals surface area contributed by atoms with E-state index < -0.39 is 55.2 Å². The zero-order valence-electron chi connectivity index (χ0n) is 14.8. The molecule has 3 atom stereocenters. The van der Waals surface area contributed by atoms with E-state index in [0.717, 1.165) is 6.20 Å². The molecule has 0 unspecified atom stereocenters. The van der Waals surface area contributed by atoms with Crippen molar-refractivity contribution in [1.29, 1.82) is 0 Å². The molecule has 0 aliphatic carbocycles. The molecule has 1 aromatic rings. The van der Waals surface area contributed by atoms with Crippen molar-refractivity contribution in [3.63, 3.8) is 0 Å². The van der Waals surface area contributed by atoms with E-state index in [9.17, 15) is 28.3 Å². The molecule has 1 aliphatic rings. The van der Waals surface area contributed by atoms with Crippen LogP contribution in [0, 0.1) is 6.92 Å². The van der Waals surface area contributed by atoms with Crippen LogP contribution < -0.4 is 5.69 Å². The normalized spacial score (nSPS) is 23.8. The molecule has 1 aliphatic heterocycles. The SMILES string of the molecule is CCCC(=O)OCC(=O)OC[C@H]1O[C@@H](n2ccc(C)nc2=O)C(F)(F)[C@@H]1O. The molecular formula is C16H20F2N2O7. The lowest BCUT2D eigenvalue weighted by Gasteiger charge is -2.20. The molecule has 0 radical (unpaired) electrons. The van der Waals surface area contributed by atoms with Crippen molar-refractivity contribution in [1.82, 2.24) is 9.55 Å². The van der Waals surface area contributed by atoms with E-state index >= 15 is 0 Å². The molecule has 0 amide bonds. The fourth-order valence-electron chi connectivity index (χ4n) is 2.41. The average molecular weight is 390 g/mol. The number of hydrogen-bond donors (Lipinski definition) is 1. The van der Waals surface area contributed by atoms with Gasteiger partial charge in [-0.25, -0.2) is 9.59 Å². The lowest BCUT2D eigenvalue weighted by Crippen LogP contribution is -2.42. The second-order valence-corrected chi connectivity index (χ2v) is 6.00. The van der Waals surface area contributed by atoms with E-state index in [1.807, 2.05) is 0 Å². The standard InChI is InChI=1S/C16H20F2N2O7/c1-3-4-11(21)26-8-12(22)25-7-10-13(23)16(17,18)14(27-10)20-6-5-9(2)19-15(20)24/h5-6,10,13-14,23H,3-4,7-8H2,1-2H3/t10-,13-,14-/m1/s1. The average Bonchev–Trinajstić information content (AvgIpc) is 2.82. The molecular weight excluding hydrogens is 370 g/mol. The van der Waals surface area contributed by atoms with Crippen molar-refractivity contribution < 1.29 is 37.7 Å². The molecule has 0 bridgehead atoms. The van der Waals surface area contributed by atoms with Crippen LogP contribution in [0.3, 0.4) is 0 Å². The van der Waals surface area contributed by atoms with Gasteiger partial charge in [0.25, 0.3) is 0 Å². The smallest absolute Gasteiger partial charge is 0.350 e. The van der Waals surface area contributed by atoms with Gasteiger partial charge in [0.15, 0.2) is 12.7 Å². The van der Waals surface area contributed by atoms with Crippen LogP contribution in [0.5, 0.6) is 0 Å². The van der Waals surface area contributed by atoms with Gasteiger partial charge in [-0.05, 0) is 19.4 Å². The Labute approximate surface area is 152 Å². The third kappa shape index (κ3) is 4.86. The predicted octanol–water partition coefficient (Wildman–Crippen LogP) is 0.332. The first-order valence-electron chi connectivity index (χ1n) is 8.25. The van der Waals surface area contributed by atoms with Crippen LogP contribution in [0.25, 0.3) is 0 Å². The van der Waals surface area contributed by atoms with Gasteiger partial charge in [-0.1, -0.05) is 6.92 Å². The van der Waals surface area contributed by atoms with Crippen LogP contribution in [-0.4, -0.2) is 57.9 Å². The summed E-state index contributed by atoms with van der Waals surface area (Å²) in [5.41, 5.74) is -0.631. The summed E-state index contributed by atoms with van der Waals surface area (Å²) in [6, 6.07) is 1.34. The number of aromatic nitrogens is 2. The molecule has 2 heterocycles. The minimum absolute atomic E-state index is 0.130. The van der Waals surface area contributed by atoms with E-state index in [4.69, 9.17) is 9.47 Å². The first-order chi connectivity index (χ1) is 12.7. The first kappa shape index (κ1) is 20.9. The lowest BCUT2D eigenvalue weighted by molar-refractivity contribution is -0.162. The highest BCUT2D eigenvalue weighted by molar-refractivity contribution is 5.76. The molecule has 150 valence electrons. The van der Waals surface area contributed by atoms with Gasteiger partial charge in [-0.2, -0.15) is 13.8 Å². The highest BCUT2D eigenvalue weighted by Crippen LogP contribution is 2.42. The molecule has 0 saturated carbocycles. The second-order valence-electron chi connectivity index (χ2n) is 6.00. The number of esters is 2. The van der Waals surface area contributed by atoms with Crippen LogP contribution in [0.15, 0.2) is 17.1 Å².